The summed E-state index contributed by atoms with van der Waals surface area (Å²) in [7, 11) is 0. The van der Waals surface area contributed by atoms with Crippen molar-refractivity contribution in [1.29, 1.82) is 0 Å². The zero-order chi connectivity index (χ0) is 18.4. The maximum absolute atomic E-state index is 12.8. The van der Waals surface area contributed by atoms with Crippen LogP contribution in [0.5, 0.6) is 0 Å². The molecule has 0 bridgehead atoms. The van der Waals surface area contributed by atoms with Crippen molar-refractivity contribution in [3.8, 4) is 0 Å². The average Bonchev–Trinajstić information content (AvgIpc) is 3.16. The van der Waals surface area contributed by atoms with Gasteiger partial charge in [-0.25, -0.2) is 4.79 Å². The number of halogens is 1. The van der Waals surface area contributed by atoms with Gasteiger partial charge >= 0.3 is 6.03 Å². The minimum Gasteiger partial charge on any atom is -0.467 e. The van der Waals surface area contributed by atoms with Crippen molar-refractivity contribution in [2.45, 2.75) is 31.8 Å². The summed E-state index contributed by atoms with van der Waals surface area (Å²) in [6.45, 7) is 1.35. The van der Waals surface area contributed by atoms with E-state index in [0.29, 0.717) is 24.4 Å². The van der Waals surface area contributed by atoms with Gasteiger partial charge in [-0.3, -0.25) is 4.79 Å². The number of anilines is 1. The topological polar surface area (TPSA) is 101 Å². The molecular weight excluding hydrogens is 368 g/mol. The number of urea groups is 1. The first-order chi connectivity index (χ1) is 12.7. The number of furan rings is 1. The molecule has 1 saturated heterocycles. The van der Waals surface area contributed by atoms with Gasteiger partial charge in [0.25, 0.3) is 5.91 Å². The minimum atomic E-state index is -0.275. The molecule has 0 aliphatic carbocycles. The maximum atomic E-state index is 12.8. The van der Waals surface area contributed by atoms with Gasteiger partial charge in [0.15, 0.2) is 0 Å². The molecule has 2 aromatic rings. The lowest BCUT2D eigenvalue weighted by molar-refractivity contribution is 0.0614. The molecule has 3 rings (SSSR count). The average molecular weight is 393 g/mol. The summed E-state index contributed by atoms with van der Waals surface area (Å²) in [5, 5.41) is 5.65. The number of amides is 3. The summed E-state index contributed by atoms with van der Waals surface area (Å²) in [5.74, 6) is 0.505. The van der Waals surface area contributed by atoms with E-state index in [9.17, 15) is 9.59 Å². The van der Waals surface area contributed by atoms with Crippen LogP contribution in [-0.2, 0) is 6.54 Å². The van der Waals surface area contributed by atoms with Crippen LogP contribution in [-0.4, -0.2) is 36.0 Å². The van der Waals surface area contributed by atoms with E-state index in [1.807, 2.05) is 35.2 Å². The molecule has 146 valence electrons. The molecule has 0 saturated carbocycles. The number of hydrogen-bond acceptors (Lipinski definition) is 4. The molecule has 1 aliphatic heterocycles. The number of nitrogens with one attached hydrogen (secondary N) is 2. The lowest BCUT2D eigenvalue weighted by Gasteiger charge is -2.35. The van der Waals surface area contributed by atoms with Crippen molar-refractivity contribution in [3.05, 3.63) is 54.0 Å². The van der Waals surface area contributed by atoms with Crippen molar-refractivity contribution in [1.82, 2.24) is 10.2 Å². The van der Waals surface area contributed by atoms with Gasteiger partial charge in [-0.15, -0.1) is 12.4 Å². The Morgan fingerprint density at radius 1 is 1.22 bits per heavy atom. The van der Waals surface area contributed by atoms with Crippen molar-refractivity contribution >= 4 is 30.0 Å². The monoisotopic (exact) mass is 392 g/mol. The second-order valence-electron chi connectivity index (χ2n) is 6.36. The number of nitrogens with two attached hydrogens (primary N) is 1. The molecule has 1 aromatic heterocycles. The summed E-state index contributed by atoms with van der Waals surface area (Å²) < 4.78 is 5.27. The second-order valence-corrected chi connectivity index (χ2v) is 6.36. The third-order valence-corrected chi connectivity index (χ3v) is 4.52. The molecule has 1 fully saturated rings. The number of benzene rings is 1. The molecule has 3 amide bonds. The smallest absolute Gasteiger partial charge is 0.319 e. The molecule has 7 nitrogen and oxygen atoms in total. The fraction of sp³-hybridized carbons (Fsp3) is 0.368. The zero-order valence-electron chi connectivity index (χ0n) is 15.0. The summed E-state index contributed by atoms with van der Waals surface area (Å²) in [5.41, 5.74) is 6.78. The number of hydrogen-bond donors (Lipinski definition) is 3. The third-order valence-electron chi connectivity index (χ3n) is 4.52. The Hall–Kier alpha value is -2.51. The number of likely N-dealkylation sites (tertiary alicyclic amines) is 1. The first kappa shape index (κ1) is 20.8. The van der Waals surface area contributed by atoms with Crippen LogP contribution in [0.3, 0.4) is 0 Å². The van der Waals surface area contributed by atoms with Crippen LogP contribution in [0.1, 0.15) is 35.4 Å². The van der Waals surface area contributed by atoms with Crippen LogP contribution in [0, 0.1) is 0 Å². The van der Waals surface area contributed by atoms with Crippen LogP contribution in [0.4, 0.5) is 10.5 Å². The molecule has 1 unspecified atom stereocenters. The summed E-state index contributed by atoms with van der Waals surface area (Å²) in [6.07, 6.45) is 4.31. The number of piperidine rings is 1. The maximum Gasteiger partial charge on any atom is 0.319 e. The van der Waals surface area contributed by atoms with E-state index >= 15 is 0 Å². The normalized spacial score (nSPS) is 16.3. The predicted molar refractivity (Wildman–Crippen MR) is 106 cm³/mol. The summed E-state index contributed by atoms with van der Waals surface area (Å²) in [4.78, 5) is 26.7. The zero-order valence-corrected chi connectivity index (χ0v) is 15.8. The van der Waals surface area contributed by atoms with Gasteiger partial charge in [-0.2, -0.15) is 0 Å². The van der Waals surface area contributed by atoms with Gasteiger partial charge in [-0.1, -0.05) is 18.2 Å². The first-order valence-corrected chi connectivity index (χ1v) is 8.85. The van der Waals surface area contributed by atoms with E-state index in [1.54, 1.807) is 6.07 Å². The van der Waals surface area contributed by atoms with Crippen molar-refractivity contribution in [2.24, 2.45) is 5.73 Å². The van der Waals surface area contributed by atoms with Crippen LogP contribution in [0.25, 0.3) is 0 Å². The Labute approximate surface area is 164 Å². The highest BCUT2D eigenvalue weighted by Crippen LogP contribution is 2.20. The van der Waals surface area contributed by atoms with Crippen molar-refractivity contribution < 1.29 is 14.0 Å². The Kier molecular flexibility index (Phi) is 7.69. The van der Waals surface area contributed by atoms with Crippen LogP contribution < -0.4 is 16.4 Å². The Morgan fingerprint density at radius 2 is 2.00 bits per heavy atom. The molecule has 2 heterocycles. The highest BCUT2D eigenvalue weighted by atomic mass is 35.5. The van der Waals surface area contributed by atoms with Gasteiger partial charge in [0.2, 0.25) is 0 Å². The summed E-state index contributed by atoms with van der Waals surface area (Å²) in [6, 6.07) is 10.6. The van der Waals surface area contributed by atoms with E-state index in [0.717, 1.165) is 24.9 Å². The highest BCUT2D eigenvalue weighted by molar-refractivity contribution is 5.94. The first-order valence-electron chi connectivity index (χ1n) is 8.85. The van der Waals surface area contributed by atoms with Crippen LogP contribution >= 0.6 is 12.4 Å². The number of carbonyl (C=O) groups is 2. The number of carbonyl (C=O) groups excluding carboxylic acids is 2. The SMILES string of the molecule is Cl.NCc1cc(C(=O)N2CCCCC2CNC(=O)Nc2ccccc2)co1. The Bertz CT molecular complexity index is 750. The van der Waals surface area contributed by atoms with Crippen LogP contribution in [0.2, 0.25) is 0 Å². The molecule has 27 heavy (non-hydrogen) atoms. The van der Waals surface area contributed by atoms with E-state index < -0.39 is 0 Å². The van der Waals surface area contributed by atoms with E-state index in [1.165, 1.54) is 6.26 Å². The fourth-order valence-corrected chi connectivity index (χ4v) is 3.15. The summed E-state index contributed by atoms with van der Waals surface area (Å²) >= 11 is 0. The van der Waals surface area contributed by atoms with Crippen molar-refractivity contribution in [3.63, 3.8) is 0 Å². The van der Waals surface area contributed by atoms with Crippen LogP contribution in [0.15, 0.2) is 47.1 Å². The van der Waals surface area contributed by atoms with Gasteiger partial charge in [0.05, 0.1) is 12.1 Å². The standard InChI is InChI=1S/C19H24N4O3.ClH/c20-11-17-10-14(13-26-17)18(24)23-9-5-4-8-16(23)12-21-19(25)22-15-6-2-1-3-7-15;/h1-3,6-7,10,13,16H,4-5,8-9,11-12,20H2,(H2,21,22,25);1H. The minimum absolute atomic E-state index is 0. The van der Waals surface area contributed by atoms with E-state index in [-0.39, 0.29) is 36.9 Å². The lowest BCUT2D eigenvalue weighted by atomic mass is 10.0. The second kappa shape index (κ2) is 9.99. The van der Waals surface area contributed by atoms with Crippen molar-refractivity contribution in [2.75, 3.05) is 18.4 Å². The molecule has 0 spiro atoms. The number of nitrogens with zero attached hydrogens (tertiary/aromatic N) is 1. The molecule has 1 atom stereocenters. The molecular formula is C19H25ClN4O3. The van der Waals surface area contributed by atoms with Gasteiger partial charge in [0.1, 0.15) is 12.0 Å². The van der Waals surface area contributed by atoms with E-state index in [2.05, 4.69) is 10.6 Å². The molecule has 1 aliphatic rings. The number of para-hydroxylation sites is 1. The quantitative estimate of drug-likeness (QED) is 0.728. The van der Waals surface area contributed by atoms with Gasteiger partial charge in [-0.05, 0) is 37.5 Å². The van der Waals surface area contributed by atoms with E-state index in [4.69, 9.17) is 10.2 Å². The predicted octanol–water partition coefficient (Wildman–Crippen LogP) is 2.98. The highest BCUT2D eigenvalue weighted by Gasteiger charge is 2.28. The molecule has 8 heteroatoms. The number of rotatable bonds is 5. The largest absolute Gasteiger partial charge is 0.467 e. The molecule has 1 aromatic carbocycles. The molecule has 4 N–H and O–H groups in total. The third kappa shape index (κ3) is 5.48. The Morgan fingerprint density at radius 3 is 2.70 bits per heavy atom. The molecule has 0 radical (unpaired) electrons. The van der Waals surface area contributed by atoms with Gasteiger partial charge < -0.3 is 25.7 Å². The van der Waals surface area contributed by atoms with Gasteiger partial charge in [0, 0.05) is 24.8 Å². The lowest BCUT2D eigenvalue weighted by Crippen LogP contribution is -2.49. The Balaban J connectivity index is 0.00000261. The fourth-order valence-electron chi connectivity index (χ4n) is 3.15.